The Morgan fingerprint density at radius 1 is 1.33 bits per heavy atom. The third kappa shape index (κ3) is 4.66. The first-order valence-corrected chi connectivity index (χ1v) is 11.3. The second-order valence-electron chi connectivity index (χ2n) is 6.72. The number of aromatic nitrogens is 3. The molecule has 0 saturated carbocycles. The minimum Gasteiger partial charge on any atom is -0.383 e. The highest BCUT2D eigenvalue weighted by Gasteiger charge is 2.32. The van der Waals surface area contributed by atoms with E-state index in [1.807, 2.05) is 41.8 Å². The van der Waals surface area contributed by atoms with Crippen LogP contribution >= 0.6 is 12.2 Å². The van der Waals surface area contributed by atoms with Crippen molar-refractivity contribution in [1.82, 2.24) is 19.2 Å². The Balaban J connectivity index is 1.90. The van der Waals surface area contributed by atoms with Crippen LogP contribution in [0.25, 0.3) is 11.4 Å². The van der Waals surface area contributed by atoms with Gasteiger partial charge in [0.25, 0.3) is 0 Å². The average molecular weight is 411 g/mol. The number of hydrogen-bond acceptors (Lipinski definition) is 6. The molecule has 0 radical (unpaired) electrons. The molecule has 27 heavy (non-hydrogen) atoms. The van der Waals surface area contributed by atoms with E-state index in [9.17, 15) is 8.42 Å². The lowest BCUT2D eigenvalue weighted by molar-refractivity contribution is 0.0980. The quantitative estimate of drug-likeness (QED) is 0.622. The van der Waals surface area contributed by atoms with Gasteiger partial charge in [0.15, 0.2) is 20.4 Å². The Morgan fingerprint density at radius 3 is 2.67 bits per heavy atom. The van der Waals surface area contributed by atoms with Crippen molar-refractivity contribution in [2.75, 3.05) is 31.8 Å². The van der Waals surface area contributed by atoms with E-state index in [4.69, 9.17) is 22.1 Å². The number of ether oxygens (including phenoxy) is 1. The predicted octanol–water partition coefficient (Wildman–Crippen LogP) is 2.19. The van der Waals surface area contributed by atoms with Crippen molar-refractivity contribution in [3.63, 3.8) is 0 Å². The first-order valence-electron chi connectivity index (χ1n) is 9.11. The fourth-order valence-electron chi connectivity index (χ4n) is 3.43. The molecule has 0 aliphatic carbocycles. The van der Waals surface area contributed by atoms with Gasteiger partial charge in [-0.05, 0) is 25.6 Å². The molecule has 0 unspecified atom stereocenters. The zero-order valence-corrected chi connectivity index (χ0v) is 17.4. The molecule has 9 heteroatoms. The van der Waals surface area contributed by atoms with Gasteiger partial charge in [0.2, 0.25) is 0 Å². The Hall–Kier alpha value is -1.55. The summed E-state index contributed by atoms with van der Waals surface area (Å²) in [5.41, 5.74) is 1.01. The van der Waals surface area contributed by atoms with Crippen LogP contribution in [0.4, 0.5) is 0 Å². The molecule has 1 aromatic heterocycles. The molecule has 1 aliphatic rings. The van der Waals surface area contributed by atoms with Gasteiger partial charge in [0, 0.05) is 31.8 Å². The summed E-state index contributed by atoms with van der Waals surface area (Å²) in [6.45, 7) is 4.39. The van der Waals surface area contributed by atoms with E-state index in [2.05, 4.69) is 4.90 Å². The Bertz CT molecular complexity index is 922. The highest BCUT2D eigenvalue weighted by atomic mass is 32.2. The smallest absolute Gasteiger partial charge is 0.199 e. The zero-order chi connectivity index (χ0) is 19.4. The molecule has 0 amide bonds. The van der Waals surface area contributed by atoms with Crippen LogP contribution < -0.4 is 0 Å². The van der Waals surface area contributed by atoms with Gasteiger partial charge in [-0.3, -0.25) is 4.90 Å². The molecule has 1 aromatic carbocycles. The topological polar surface area (TPSA) is 69.4 Å². The number of rotatable bonds is 8. The van der Waals surface area contributed by atoms with E-state index in [0.717, 1.165) is 17.9 Å². The molecule has 7 nitrogen and oxygen atoms in total. The number of sulfone groups is 1. The zero-order valence-electron chi connectivity index (χ0n) is 15.7. The van der Waals surface area contributed by atoms with Crippen LogP contribution in [0.5, 0.6) is 0 Å². The molecule has 0 spiro atoms. The Morgan fingerprint density at radius 2 is 2.07 bits per heavy atom. The van der Waals surface area contributed by atoms with Gasteiger partial charge >= 0.3 is 0 Å². The molecule has 1 atom stereocenters. The van der Waals surface area contributed by atoms with Crippen LogP contribution in [0.1, 0.15) is 13.3 Å². The van der Waals surface area contributed by atoms with Crippen molar-refractivity contribution < 1.29 is 13.2 Å². The molecule has 1 saturated heterocycles. The van der Waals surface area contributed by atoms with Crippen molar-refractivity contribution in [3.05, 3.63) is 35.1 Å². The average Bonchev–Trinajstić information content (AvgIpc) is 3.18. The summed E-state index contributed by atoms with van der Waals surface area (Å²) in [6.07, 6.45) is 0.638. The van der Waals surface area contributed by atoms with Crippen LogP contribution in [0.2, 0.25) is 0 Å². The Labute approximate surface area is 165 Å². The number of methoxy groups -OCH3 is 1. The van der Waals surface area contributed by atoms with E-state index in [0.29, 0.717) is 31.0 Å². The van der Waals surface area contributed by atoms with E-state index in [1.54, 1.807) is 11.8 Å². The molecule has 2 heterocycles. The van der Waals surface area contributed by atoms with E-state index in [-0.39, 0.29) is 17.5 Å². The van der Waals surface area contributed by atoms with Crippen LogP contribution in [-0.2, 0) is 27.8 Å². The van der Waals surface area contributed by atoms with Gasteiger partial charge in [-0.2, -0.15) is 5.10 Å². The van der Waals surface area contributed by atoms with Crippen molar-refractivity contribution >= 4 is 22.1 Å². The lowest BCUT2D eigenvalue weighted by Gasteiger charge is -2.27. The van der Waals surface area contributed by atoms with E-state index in [1.165, 1.54) is 0 Å². The van der Waals surface area contributed by atoms with E-state index >= 15 is 0 Å². The lowest BCUT2D eigenvalue weighted by atomic mass is 10.2. The monoisotopic (exact) mass is 410 g/mol. The SMILES string of the molecule is CCn1c(-c2ccccc2)nn(CN(CCOC)[C@@H]2CCS(=O)(=O)C2)c1=S. The molecule has 0 N–H and O–H groups in total. The van der Waals surface area contributed by atoms with Gasteiger partial charge < -0.3 is 9.30 Å². The second kappa shape index (κ2) is 8.64. The predicted molar refractivity (Wildman–Crippen MR) is 108 cm³/mol. The molecular formula is C18H26N4O3S2. The van der Waals surface area contributed by atoms with Crippen molar-refractivity contribution in [2.45, 2.75) is 32.6 Å². The summed E-state index contributed by atoms with van der Waals surface area (Å²) in [4.78, 5) is 2.12. The van der Waals surface area contributed by atoms with Crippen LogP contribution in [0.15, 0.2) is 30.3 Å². The van der Waals surface area contributed by atoms with Crippen molar-refractivity contribution in [3.8, 4) is 11.4 Å². The normalized spacial score (nSPS) is 19.0. The summed E-state index contributed by atoms with van der Waals surface area (Å²) >= 11 is 5.65. The lowest BCUT2D eigenvalue weighted by Crippen LogP contribution is -2.40. The first kappa shape index (κ1) is 20.2. The fourth-order valence-corrected chi connectivity index (χ4v) is 5.51. The summed E-state index contributed by atoms with van der Waals surface area (Å²) < 4.78 is 33.5. The maximum absolute atomic E-state index is 11.9. The molecule has 2 aromatic rings. The molecule has 3 rings (SSSR count). The maximum atomic E-state index is 11.9. The standard InChI is InChI=1S/C18H26N4O3S2/c1-3-21-17(15-7-5-4-6-8-15)19-22(18(21)26)14-20(10-11-25-2)16-9-12-27(23,24)13-16/h4-8,16H,3,9-14H2,1-2H3/t16-/m1/s1. The molecule has 1 aliphatic heterocycles. The second-order valence-corrected chi connectivity index (χ2v) is 9.31. The molecular weight excluding hydrogens is 384 g/mol. The summed E-state index contributed by atoms with van der Waals surface area (Å²) in [6, 6.07) is 9.93. The molecule has 1 fully saturated rings. The third-order valence-corrected chi connectivity index (χ3v) is 7.08. The van der Waals surface area contributed by atoms with Crippen LogP contribution in [-0.4, -0.2) is 65.5 Å². The van der Waals surface area contributed by atoms with Crippen LogP contribution in [0, 0.1) is 4.77 Å². The maximum Gasteiger partial charge on any atom is 0.199 e. The van der Waals surface area contributed by atoms with Crippen LogP contribution in [0.3, 0.4) is 0 Å². The fraction of sp³-hybridized carbons (Fsp3) is 0.556. The minimum absolute atomic E-state index is 0.0287. The first-order chi connectivity index (χ1) is 12.9. The van der Waals surface area contributed by atoms with Crippen molar-refractivity contribution in [1.29, 1.82) is 0 Å². The molecule has 0 bridgehead atoms. The number of hydrogen-bond donors (Lipinski definition) is 0. The number of benzene rings is 1. The third-order valence-electron chi connectivity index (χ3n) is 4.89. The minimum atomic E-state index is -2.96. The van der Waals surface area contributed by atoms with Gasteiger partial charge in [0.05, 0.1) is 24.8 Å². The summed E-state index contributed by atoms with van der Waals surface area (Å²) in [5.74, 6) is 1.25. The highest BCUT2D eigenvalue weighted by molar-refractivity contribution is 7.91. The molecule has 148 valence electrons. The van der Waals surface area contributed by atoms with Gasteiger partial charge in [-0.25, -0.2) is 13.1 Å². The largest absolute Gasteiger partial charge is 0.383 e. The Kier molecular flexibility index (Phi) is 6.46. The van der Waals surface area contributed by atoms with Gasteiger partial charge in [-0.15, -0.1) is 0 Å². The van der Waals surface area contributed by atoms with Gasteiger partial charge in [-0.1, -0.05) is 30.3 Å². The van der Waals surface area contributed by atoms with Gasteiger partial charge in [0.1, 0.15) is 0 Å². The van der Waals surface area contributed by atoms with Crippen molar-refractivity contribution in [2.24, 2.45) is 0 Å². The number of nitrogens with zero attached hydrogens (tertiary/aromatic N) is 4. The van der Waals surface area contributed by atoms with E-state index < -0.39 is 9.84 Å². The summed E-state index contributed by atoms with van der Waals surface area (Å²) in [7, 11) is -1.31. The summed E-state index contributed by atoms with van der Waals surface area (Å²) in [5, 5.41) is 4.75. The highest BCUT2D eigenvalue weighted by Crippen LogP contribution is 2.21.